The van der Waals surface area contributed by atoms with Crippen LogP contribution in [0.5, 0.6) is 0 Å². The van der Waals surface area contributed by atoms with Gasteiger partial charge in [0.25, 0.3) is 0 Å². The fraction of sp³-hybridized carbons (Fsp3) is 1.00. The summed E-state index contributed by atoms with van der Waals surface area (Å²) in [4.78, 5) is 0. The van der Waals surface area contributed by atoms with E-state index >= 15 is 0 Å². The molecule has 1 fully saturated rings. The van der Waals surface area contributed by atoms with E-state index in [1.165, 1.54) is 25.7 Å². The number of rotatable bonds is 0. The number of hydrogen-bond donors (Lipinski definition) is 0. The summed E-state index contributed by atoms with van der Waals surface area (Å²) in [5.74, 6) is 0. The normalized spacial score (nSPS) is 21.2. The highest BCUT2D eigenvalue weighted by Gasteiger charge is 2.05. The van der Waals surface area contributed by atoms with Crippen LogP contribution in [0, 0.1) is 0 Å². The van der Waals surface area contributed by atoms with Crippen molar-refractivity contribution in [3.63, 3.8) is 0 Å². The van der Waals surface area contributed by atoms with Crippen LogP contribution in [0.25, 0.3) is 0 Å². The van der Waals surface area contributed by atoms with Crippen molar-refractivity contribution < 1.29 is 4.74 Å². The zero-order valence-electron chi connectivity index (χ0n) is 9.52. The van der Waals surface area contributed by atoms with E-state index in [1.807, 2.05) is 13.8 Å². The summed E-state index contributed by atoms with van der Waals surface area (Å²) in [6.45, 7) is 11.4. The molecule has 0 aromatic rings. The molecule has 1 aliphatic heterocycles. The molecule has 1 atom stereocenters. The minimum Gasteiger partial charge on any atom is -0.379 e. The third-order valence-corrected chi connectivity index (χ3v) is 1.41. The Balaban J connectivity index is 0. The number of hydrogen-bond acceptors (Lipinski definition) is 1. The van der Waals surface area contributed by atoms with Crippen molar-refractivity contribution >= 4 is 0 Å². The van der Waals surface area contributed by atoms with Crippen molar-refractivity contribution in [2.75, 3.05) is 6.61 Å². The lowest BCUT2D eigenvalue weighted by Gasteiger charge is -2.17. The standard InChI is InChI=1S/C6H12O.C3H8.C2H6/c1-6-4-2-3-5-7-6;1-3-2;1-2/h6H,2-5H2,1H3;3H2,1-2H3;1-2H3. The molecular weight excluding hydrogens is 148 g/mol. The molecule has 0 bridgehead atoms. The maximum atomic E-state index is 5.28. The maximum absolute atomic E-state index is 5.28. The van der Waals surface area contributed by atoms with E-state index in [0.717, 1.165) is 6.61 Å². The number of ether oxygens (including phenoxy) is 1. The minimum absolute atomic E-state index is 0.536. The van der Waals surface area contributed by atoms with Crippen LogP contribution in [-0.4, -0.2) is 12.7 Å². The third-order valence-electron chi connectivity index (χ3n) is 1.41. The third kappa shape index (κ3) is 12.6. The molecule has 1 nitrogen and oxygen atoms in total. The molecular formula is C11H26O. The van der Waals surface area contributed by atoms with Crippen molar-refractivity contribution in [1.29, 1.82) is 0 Å². The van der Waals surface area contributed by atoms with E-state index in [1.54, 1.807) is 0 Å². The lowest BCUT2D eigenvalue weighted by molar-refractivity contribution is 0.0285. The van der Waals surface area contributed by atoms with E-state index in [0.29, 0.717) is 6.10 Å². The molecule has 0 aromatic carbocycles. The van der Waals surface area contributed by atoms with Gasteiger partial charge in [-0.2, -0.15) is 0 Å². The van der Waals surface area contributed by atoms with Gasteiger partial charge >= 0.3 is 0 Å². The van der Waals surface area contributed by atoms with Gasteiger partial charge in [0.15, 0.2) is 0 Å². The second kappa shape index (κ2) is 13.5. The predicted octanol–water partition coefficient (Wildman–Crippen LogP) is 4.02. The predicted molar refractivity (Wildman–Crippen MR) is 56.6 cm³/mol. The van der Waals surface area contributed by atoms with Crippen molar-refractivity contribution in [3.8, 4) is 0 Å². The largest absolute Gasteiger partial charge is 0.379 e. The van der Waals surface area contributed by atoms with Gasteiger partial charge < -0.3 is 4.74 Å². The molecule has 1 saturated heterocycles. The first-order chi connectivity index (χ1) is 5.81. The molecule has 0 amide bonds. The Morgan fingerprint density at radius 2 is 1.67 bits per heavy atom. The molecule has 1 heterocycles. The van der Waals surface area contributed by atoms with Crippen molar-refractivity contribution in [3.05, 3.63) is 0 Å². The van der Waals surface area contributed by atoms with Crippen LogP contribution in [0.4, 0.5) is 0 Å². The van der Waals surface area contributed by atoms with Crippen LogP contribution in [0.3, 0.4) is 0 Å². The van der Waals surface area contributed by atoms with Gasteiger partial charge in [-0.25, -0.2) is 0 Å². The van der Waals surface area contributed by atoms with Crippen LogP contribution < -0.4 is 0 Å². The summed E-state index contributed by atoms with van der Waals surface area (Å²) in [5.41, 5.74) is 0. The van der Waals surface area contributed by atoms with Gasteiger partial charge in [-0.3, -0.25) is 0 Å². The van der Waals surface area contributed by atoms with Crippen LogP contribution >= 0.6 is 0 Å². The van der Waals surface area contributed by atoms with E-state index in [-0.39, 0.29) is 0 Å². The molecule has 0 aliphatic carbocycles. The Kier molecular flexibility index (Phi) is 16.3. The first kappa shape index (κ1) is 14.5. The SMILES string of the molecule is CC.CC1CCCCO1.CCC. The zero-order valence-corrected chi connectivity index (χ0v) is 9.52. The highest BCUT2D eigenvalue weighted by molar-refractivity contribution is 4.55. The zero-order chi connectivity index (χ0) is 9.82. The Morgan fingerprint density at radius 3 is 1.83 bits per heavy atom. The smallest absolute Gasteiger partial charge is 0.0547 e. The summed E-state index contributed by atoms with van der Waals surface area (Å²) < 4.78 is 5.28. The summed E-state index contributed by atoms with van der Waals surface area (Å²) >= 11 is 0. The molecule has 12 heavy (non-hydrogen) atoms. The van der Waals surface area contributed by atoms with Crippen molar-refractivity contribution in [1.82, 2.24) is 0 Å². The Hall–Kier alpha value is -0.0400. The molecule has 0 radical (unpaired) electrons. The molecule has 0 spiro atoms. The summed E-state index contributed by atoms with van der Waals surface area (Å²) in [5, 5.41) is 0. The molecule has 0 saturated carbocycles. The van der Waals surface area contributed by atoms with Crippen LogP contribution in [0.15, 0.2) is 0 Å². The van der Waals surface area contributed by atoms with E-state index in [2.05, 4.69) is 20.8 Å². The topological polar surface area (TPSA) is 9.23 Å². The van der Waals surface area contributed by atoms with E-state index in [4.69, 9.17) is 4.74 Å². The molecule has 0 N–H and O–H groups in total. The minimum atomic E-state index is 0.536. The Labute approximate surface area is 78.5 Å². The summed E-state index contributed by atoms with van der Waals surface area (Å²) in [6, 6.07) is 0. The average molecular weight is 174 g/mol. The lowest BCUT2D eigenvalue weighted by atomic mass is 10.1. The van der Waals surface area contributed by atoms with Crippen LogP contribution in [-0.2, 0) is 4.74 Å². The van der Waals surface area contributed by atoms with Gasteiger partial charge in [-0.1, -0.05) is 34.1 Å². The van der Waals surface area contributed by atoms with Gasteiger partial charge in [0.1, 0.15) is 0 Å². The maximum Gasteiger partial charge on any atom is 0.0547 e. The summed E-state index contributed by atoms with van der Waals surface area (Å²) in [6.07, 6.45) is 5.68. The Morgan fingerprint density at radius 1 is 1.17 bits per heavy atom. The second-order valence-corrected chi connectivity index (χ2v) is 2.88. The van der Waals surface area contributed by atoms with E-state index < -0.39 is 0 Å². The highest BCUT2D eigenvalue weighted by Crippen LogP contribution is 2.10. The molecule has 1 heteroatoms. The van der Waals surface area contributed by atoms with Crippen LogP contribution in [0.2, 0.25) is 0 Å². The van der Waals surface area contributed by atoms with Crippen molar-refractivity contribution in [2.45, 2.75) is 66.4 Å². The molecule has 1 unspecified atom stereocenters. The molecule has 76 valence electrons. The fourth-order valence-electron chi connectivity index (χ4n) is 0.902. The average Bonchev–Trinajstić information content (AvgIpc) is 2.11. The first-order valence-corrected chi connectivity index (χ1v) is 5.42. The molecule has 0 aromatic heterocycles. The van der Waals surface area contributed by atoms with Gasteiger partial charge in [-0.05, 0) is 26.2 Å². The van der Waals surface area contributed by atoms with Gasteiger partial charge in [-0.15, -0.1) is 0 Å². The quantitative estimate of drug-likeness (QED) is 0.539. The van der Waals surface area contributed by atoms with E-state index in [9.17, 15) is 0 Å². The molecule has 1 rings (SSSR count). The fourth-order valence-corrected chi connectivity index (χ4v) is 0.902. The van der Waals surface area contributed by atoms with Crippen LogP contribution in [0.1, 0.15) is 60.3 Å². The Bertz CT molecular complexity index is 56.0. The van der Waals surface area contributed by atoms with Gasteiger partial charge in [0.2, 0.25) is 0 Å². The molecule has 1 aliphatic rings. The first-order valence-electron chi connectivity index (χ1n) is 5.42. The lowest BCUT2D eigenvalue weighted by Crippen LogP contribution is -2.14. The monoisotopic (exact) mass is 174 g/mol. The summed E-state index contributed by atoms with van der Waals surface area (Å²) in [7, 11) is 0. The van der Waals surface area contributed by atoms with Gasteiger partial charge in [0, 0.05) is 6.61 Å². The highest BCUT2D eigenvalue weighted by atomic mass is 16.5. The van der Waals surface area contributed by atoms with Crippen molar-refractivity contribution in [2.24, 2.45) is 0 Å². The second-order valence-electron chi connectivity index (χ2n) is 2.88. The van der Waals surface area contributed by atoms with Gasteiger partial charge in [0.05, 0.1) is 6.10 Å².